The van der Waals surface area contributed by atoms with Gasteiger partial charge in [0.2, 0.25) is 17.6 Å². The third-order valence-electron chi connectivity index (χ3n) is 7.58. The molecule has 8 heteroatoms. The second-order valence-electron chi connectivity index (χ2n) is 10.6. The van der Waals surface area contributed by atoms with Crippen molar-refractivity contribution in [1.82, 2.24) is 25.3 Å². The SMILES string of the molecule is CC1CCN(Cc2ccc(CNC(=O)C3CCCN(Cc4nc(-c5ccc(F)cc5)no4)C3)cc2)CC1. The van der Waals surface area contributed by atoms with Crippen LogP contribution in [-0.4, -0.2) is 52.0 Å². The summed E-state index contributed by atoms with van der Waals surface area (Å²) >= 11 is 0. The zero-order valence-electron chi connectivity index (χ0n) is 21.5. The summed E-state index contributed by atoms with van der Waals surface area (Å²) in [6.07, 6.45) is 4.39. The zero-order chi connectivity index (χ0) is 25.6. The van der Waals surface area contributed by atoms with E-state index < -0.39 is 0 Å². The lowest BCUT2D eigenvalue weighted by atomic mass is 9.97. The van der Waals surface area contributed by atoms with Gasteiger partial charge in [-0.25, -0.2) is 4.39 Å². The van der Waals surface area contributed by atoms with Gasteiger partial charge >= 0.3 is 0 Å². The van der Waals surface area contributed by atoms with E-state index in [0.717, 1.165) is 37.4 Å². The van der Waals surface area contributed by atoms with Crippen LogP contribution in [0.3, 0.4) is 0 Å². The fourth-order valence-electron chi connectivity index (χ4n) is 5.21. The fourth-order valence-corrected chi connectivity index (χ4v) is 5.21. The van der Waals surface area contributed by atoms with E-state index in [9.17, 15) is 9.18 Å². The van der Waals surface area contributed by atoms with E-state index in [1.54, 1.807) is 12.1 Å². The molecule has 7 nitrogen and oxygen atoms in total. The summed E-state index contributed by atoms with van der Waals surface area (Å²) in [5.41, 5.74) is 3.16. The minimum absolute atomic E-state index is 0.0611. The average molecular weight is 506 g/mol. The first-order valence-corrected chi connectivity index (χ1v) is 13.4. The van der Waals surface area contributed by atoms with E-state index in [1.165, 1.54) is 43.6 Å². The molecule has 0 spiro atoms. The molecule has 2 fully saturated rings. The van der Waals surface area contributed by atoms with Crippen molar-refractivity contribution in [2.75, 3.05) is 26.2 Å². The molecule has 3 aromatic rings. The molecule has 0 bridgehead atoms. The molecule has 37 heavy (non-hydrogen) atoms. The monoisotopic (exact) mass is 505 g/mol. The molecule has 5 rings (SSSR count). The standard InChI is InChI=1S/C29H36FN5O2/c1-21-12-15-34(16-13-21)18-23-6-4-22(5-7-23)17-31-29(36)25-3-2-14-35(19-25)20-27-32-28(33-37-27)24-8-10-26(30)11-9-24/h4-11,21,25H,2-3,12-20H2,1H3,(H,31,36). The molecular formula is C29H36FN5O2. The van der Waals surface area contributed by atoms with Gasteiger partial charge in [0.1, 0.15) is 5.82 Å². The van der Waals surface area contributed by atoms with Crippen LogP contribution in [-0.2, 0) is 24.4 Å². The Morgan fingerprint density at radius 1 is 0.973 bits per heavy atom. The van der Waals surface area contributed by atoms with Crippen molar-refractivity contribution in [3.05, 3.63) is 71.4 Å². The van der Waals surface area contributed by atoms with Crippen molar-refractivity contribution in [3.63, 3.8) is 0 Å². The van der Waals surface area contributed by atoms with Crippen LogP contribution in [0.5, 0.6) is 0 Å². The van der Waals surface area contributed by atoms with E-state index in [4.69, 9.17) is 4.52 Å². The number of nitrogens with zero attached hydrogens (tertiary/aromatic N) is 4. The Kier molecular flexibility index (Phi) is 8.26. The van der Waals surface area contributed by atoms with Gasteiger partial charge < -0.3 is 9.84 Å². The molecule has 0 aliphatic carbocycles. The molecule has 2 aromatic carbocycles. The molecule has 0 radical (unpaired) electrons. The topological polar surface area (TPSA) is 74.5 Å². The van der Waals surface area contributed by atoms with Gasteiger partial charge in [0.15, 0.2) is 0 Å². The summed E-state index contributed by atoms with van der Waals surface area (Å²) in [5, 5.41) is 7.15. The molecule has 1 amide bonds. The predicted molar refractivity (Wildman–Crippen MR) is 140 cm³/mol. The predicted octanol–water partition coefficient (Wildman–Crippen LogP) is 4.64. The van der Waals surface area contributed by atoms with Crippen molar-refractivity contribution in [1.29, 1.82) is 0 Å². The molecule has 1 aromatic heterocycles. The van der Waals surface area contributed by atoms with E-state index in [-0.39, 0.29) is 17.6 Å². The van der Waals surface area contributed by atoms with Gasteiger partial charge in [0.05, 0.1) is 12.5 Å². The highest BCUT2D eigenvalue weighted by Crippen LogP contribution is 2.21. The lowest BCUT2D eigenvalue weighted by molar-refractivity contribution is -0.127. The van der Waals surface area contributed by atoms with Crippen LogP contribution in [0.2, 0.25) is 0 Å². The van der Waals surface area contributed by atoms with Crippen molar-refractivity contribution >= 4 is 5.91 Å². The maximum absolute atomic E-state index is 13.2. The number of hydrogen-bond donors (Lipinski definition) is 1. The minimum atomic E-state index is -0.301. The molecule has 196 valence electrons. The molecule has 1 unspecified atom stereocenters. The fraction of sp³-hybridized carbons (Fsp3) is 0.483. The number of likely N-dealkylation sites (tertiary alicyclic amines) is 2. The summed E-state index contributed by atoms with van der Waals surface area (Å²) in [4.78, 5) is 22.1. The average Bonchev–Trinajstić information content (AvgIpc) is 3.38. The van der Waals surface area contributed by atoms with E-state index in [2.05, 4.69) is 56.4 Å². The third kappa shape index (κ3) is 7.02. The van der Waals surface area contributed by atoms with Crippen molar-refractivity contribution < 1.29 is 13.7 Å². The Hall–Kier alpha value is -3.10. The molecule has 2 saturated heterocycles. The van der Waals surface area contributed by atoms with Crippen LogP contribution < -0.4 is 5.32 Å². The normalized spacial score (nSPS) is 19.7. The zero-order valence-corrected chi connectivity index (χ0v) is 21.5. The second kappa shape index (κ2) is 12.0. The van der Waals surface area contributed by atoms with Crippen LogP contribution in [0, 0.1) is 17.7 Å². The molecule has 2 aliphatic heterocycles. The Morgan fingerprint density at radius 3 is 2.46 bits per heavy atom. The van der Waals surface area contributed by atoms with E-state index in [0.29, 0.717) is 36.9 Å². The van der Waals surface area contributed by atoms with Gasteiger partial charge in [-0.1, -0.05) is 36.3 Å². The lowest BCUT2D eigenvalue weighted by Crippen LogP contribution is -2.42. The van der Waals surface area contributed by atoms with Gasteiger partial charge in [-0.3, -0.25) is 14.6 Å². The second-order valence-corrected chi connectivity index (χ2v) is 10.6. The largest absolute Gasteiger partial charge is 0.352 e. The number of rotatable bonds is 8. The summed E-state index contributed by atoms with van der Waals surface area (Å²) in [6.45, 7) is 8.28. The quantitative estimate of drug-likeness (QED) is 0.481. The molecule has 0 saturated carbocycles. The van der Waals surface area contributed by atoms with Crippen LogP contribution in [0.25, 0.3) is 11.4 Å². The highest BCUT2D eigenvalue weighted by atomic mass is 19.1. The smallest absolute Gasteiger partial charge is 0.241 e. The van der Waals surface area contributed by atoms with Gasteiger partial charge in [-0.05, 0) is 86.6 Å². The Balaban J connectivity index is 1.08. The third-order valence-corrected chi connectivity index (χ3v) is 7.58. The van der Waals surface area contributed by atoms with Crippen molar-refractivity contribution in [3.8, 4) is 11.4 Å². The Morgan fingerprint density at radius 2 is 1.70 bits per heavy atom. The number of carbonyl (C=O) groups excluding carboxylic acids is 1. The summed E-state index contributed by atoms with van der Waals surface area (Å²) in [6, 6.07) is 14.7. The first-order valence-electron chi connectivity index (χ1n) is 13.4. The van der Waals surface area contributed by atoms with Crippen molar-refractivity contribution in [2.24, 2.45) is 11.8 Å². The number of hydrogen-bond acceptors (Lipinski definition) is 6. The van der Waals surface area contributed by atoms with Crippen LogP contribution >= 0.6 is 0 Å². The maximum Gasteiger partial charge on any atom is 0.241 e. The molecule has 3 heterocycles. The van der Waals surface area contributed by atoms with Crippen LogP contribution in [0.4, 0.5) is 4.39 Å². The van der Waals surface area contributed by atoms with E-state index >= 15 is 0 Å². The number of carbonyl (C=O) groups is 1. The van der Waals surface area contributed by atoms with Gasteiger partial charge in [-0.15, -0.1) is 0 Å². The Bertz CT molecular complexity index is 1160. The molecule has 1 atom stereocenters. The maximum atomic E-state index is 13.2. The number of amides is 1. The van der Waals surface area contributed by atoms with E-state index in [1.807, 2.05) is 0 Å². The summed E-state index contributed by atoms with van der Waals surface area (Å²) < 4.78 is 18.6. The van der Waals surface area contributed by atoms with Gasteiger partial charge in [-0.2, -0.15) is 4.98 Å². The van der Waals surface area contributed by atoms with Crippen LogP contribution in [0.1, 0.15) is 49.6 Å². The Labute approximate surface area is 218 Å². The number of benzene rings is 2. The minimum Gasteiger partial charge on any atom is -0.352 e. The summed E-state index contributed by atoms with van der Waals surface area (Å²) in [7, 11) is 0. The van der Waals surface area contributed by atoms with Gasteiger partial charge in [0.25, 0.3) is 0 Å². The first-order chi connectivity index (χ1) is 18.0. The molecule has 2 aliphatic rings. The number of aromatic nitrogens is 2. The number of nitrogens with one attached hydrogen (secondary N) is 1. The molecular weight excluding hydrogens is 469 g/mol. The van der Waals surface area contributed by atoms with Crippen LogP contribution in [0.15, 0.2) is 53.1 Å². The summed E-state index contributed by atoms with van der Waals surface area (Å²) in [5.74, 6) is 1.52. The highest BCUT2D eigenvalue weighted by molar-refractivity contribution is 5.79. The lowest BCUT2D eigenvalue weighted by Gasteiger charge is -2.31. The highest BCUT2D eigenvalue weighted by Gasteiger charge is 2.27. The first kappa shape index (κ1) is 25.5. The number of halogens is 1. The van der Waals surface area contributed by atoms with Crippen molar-refractivity contribution in [2.45, 2.75) is 52.2 Å². The number of piperidine rings is 2. The van der Waals surface area contributed by atoms with Gasteiger partial charge in [0, 0.05) is 25.2 Å². The molecule has 1 N–H and O–H groups in total.